The Hall–Kier alpha value is -0.793. The molecule has 1 N–H and O–H groups in total. The smallest absolute Gasteiger partial charge is 0.320 e. The second kappa shape index (κ2) is 4.38. The summed E-state index contributed by atoms with van der Waals surface area (Å²) in [6.45, 7) is 6.59. The van der Waals surface area contributed by atoms with E-state index in [2.05, 4.69) is 31.1 Å². The summed E-state index contributed by atoms with van der Waals surface area (Å²) < 4.78 is 0. The van der Waals surface area contributed by atoms with Crippen molar-refractivity contribution in [3.05, 3.63) is 0 Å². The summed E-state index contributed by atoms with van der Waals surface area (Å²) in [5.74, 6) is 2.50. The van der Waals surface area contributed by atoms with Crippen LogP contribution in [0.15, 0.2) is 0 Å². The summed E-state index contributed by atoms with van der Waals surface area (Å²) in [5, 5.41) is 8.95. The molecule has 0 spiro atoms. The zero-order chi connectivity index (χ0) is 11.6. The molecule has 0 aromatic rings. The van der Waals surface area contributed by atoms with E-state index >= 15 is 0 Å². The molecule has 1 heterocycles. The van der Waals surface area contributed by atoms with Gasteiger partial charge in [-0.2, -0.15) is 0 Å². The van der Waals surface area contributed by atoms with Gasteiger partial charge >= 0.3 is 5.97 Å². The summed E-state index contributed by atoms with van der Waals surface area (Å²) in [7, 11) is 0.518. The minimum atomic E-state index is -1.34. The highest BCUT2D eigenvalue weighted by atomic mass is 28.3. The van der Waals surface area contributed by atoms with Gasteiger partial charge in [0.2, 0.25) is 0 Å². The molecular weight excluding hydrogens is 206 g/mol. The van der Waals surface area contributed by atoms with Crippen LogP contribution in [-0.2, 0) is 4.79 Å². The molecule has 1 aliphatic rings. The lowest BCUT2D eigenvalue weighted by Crippen LogP contribution is -2.37. The predicted molar refractivity (Wildman–Crippen MR) is 63.3 cm³/mol. The number of hydrogen-bond acceptors (Lipinski definition) is 2. The molecule has 0 aromatic heterocycles. The Morgan fingerprint density at radius 2 is 2.00 bits per heavy atom. The van der Waals surface area contributed by atoms with E-state index in [-0.39, 0.29) is 12.1 Å². The third-order valence-electron chi connectivity index (χ3n) is 2.60. The van der Waals surface area contributed by atoms with Crippen molar-refractivity contribution in [3.8, 4) is 11.5 Å². The van der Waals surface area contributed by atoms with E-state index in [1.54, 1.807) is 0 Å². The summed E-state index contributed by atoms with van der Waals surface area (Å²) in [5.41, 5.74) is 3.31. The molecule has 0 radical (unpaired) electrons. The number of hydrogen-bond donors (Lipinski definition) is 1. The van der Waals surface area contributed by atoms with Crippen molar-refractivity contribution in [2.24, 2.45) is 0 Å². The molecule has 0 bridgehead atoms. The van der Waals surface area contributed by atoms with Crippen molar-refractivity contribution in [1.29, 1.82) is 0 Å². The van der Waals surface area contributed by atoms with Gasteiger partial charge in [0.15, 0.2) is 0 Å². The molecular formula is C11H19NO2Si. The molecule has 0 aliphatic carbocycles. The van der Waals surface area contributed by atoms with Gasteiger partial charge in [-0.1, -0.05) is 25.6 Å². The van der Waals surface area contributed by atoms with Crippen LogP contribution in [0.1, 0.15) is 12.8 Å². The highest BCUT2D eigenvalue weighted by Crippen LogP contribution is 2.21. The maximum absolute atomic E-state index is 10.9. The largest absolute Gasteiger partial charge is 0.480 e. The van der Waals surface area contributed by atoms with Gasteiger partial charge in [0.05, 0.1) is 6.04 Å². The van der Waals surface area contributed by atoms with E-state index in [4.69, 9.17) is 5.11 Å². The quantitative estimate of drug-likeness (QED) is 0.542. The molecule has 2 atom stereocenters. The fourth-order valence-corrected chi connectivity index (χ4v) is 2.31. The van der Waals surface area contributed by atoms with Crippen LogP contribution in [0.2, 0.25) is 19.6 Å². The van der Waals surface area contributed by atoms with Crippen LogP contribution in [0.5, 0.6) is 0 Å². The van der Waals surface area contributed by atoms with Gasteiger partial charge in [0.25, 0.3) is 0 Å². The van der Waals surface area contributed by atoms with E-state index in [1.165, 1.54) is 0 Å². The second-order valence-electron chi connectivity index (χ2n) is 5.13. The molecule has 0 unspecified atom stereocenters. The van der Waals surface area contributed by atoms with Crippen LogP contribution in [0.4, 0.5) is 0 Å². The summed E-state index contributed by atoms with van der Waals surface area (Å²) >= 11 is 0. The molecule has 3 nitrogen and oxygen atoms in total. The molecule has 1 aliphatic heterocycles. The zero-order valence-corrected chi connectivity index (χ0v) is 10.9. The van der Waals surface area contributed by atoms with Crippen LogP contribution in [0, 0.1) is 11.5 Å². The van der Waals surface area contributed by atoms with Gasteiger partial charge in [-0.25, -0.2) is 0 Å². The number of likely N-dealkylation sites (tertiary alicyclic amines) is 1. The highest BCUT2D eigenvalue weighted by Gasteiger charge is 2.34. The molecule has 1 rings (SSSR count). The number of likely N-dealkylation sites (N-methyl/N-ethyl adjacent to an activating group) is 1. The summed E-state index contributed by atoms with van der Waals surface area (Å²) in [6, 6.07) is -0.205. The van der Waals surface area contributed by atoms with Crippen molar-refractivity contribution in [3.63, 3.8) is 0 Å². The Kier molecular flexibility index (Phi) is 3.58. The fraction of sp³-hybridized carbons (Fsp3) is 0.727. The van der Waals surface area contributed by atoms with E-state index in [9.17, 15) is 4.79 Å². The summed E-state index contributed by atoms with van der Waals surface area (Å²) in [6.07, 6.45) is 1.60. The van der Waals surface area contributed by atoms with E-state index < -0.39 is 14.0 Å². The maximum Gasteiger partial charge on any atom is 0.320 e. The molecule has 0 saturated carbocycles. The Bertz CT molecular complexity index is 311. The van der Waals surface area contributed by atoms with Crippen molar-refractivity contribution >= 4 is 14.0 Å². The fourth-order valence-electron chi connectivity index (χ4n) is 1.71. The van der Waals surface area contributed by atoms with Crippen LogP contribution in [-0.4, -0.2) is 43.2 Å². The molecule has 1 saturated heterocycles. The normalized spacial score (nSPS) is 27.2. The van der Waals surface area contributed by atoms with Crippen LogP contribution >= 0.6 is 0 Å². The maximum atomic E-state index is 10.9. The van der Waals surface area contributed by atoms with Gasteiger partial charge in [-0.15, -0.1) is 5.54 Å². The first-order valence-electron chi connectivity index (χ1n) is 5.29. The zero-order valence-electron chi connectivity index (χ0n) is 9.87. The lowest BCUT2D eigenvalue weighted by molar-refractivity contribution is -0.141. The van der Waals surface area contributed by atoms with Gasteiger partial charge < -0.3 is 5.11 Å². The monoisotopic (exact) mass is 225 g/mol. The average molecular weight is 225 g/mol. The topological polar surface area (TPSA) is 40.5 Å². The van der Waals surface area contributed by atoms with Crippen LogP contribution in [0.3, 0.4) is 0 Å². The number of carbonyl (C=O) groups is 1. The molecule has 84 valence electrons. The molecule has 1 fully saturated rings. The third-order valence-corrected chi connectivity index (χ3v) is 3.49. The van der Waals surface area contributed by atoms with Gasteiger partial charge in [-0.05, 0) is 19.9 Å². The number of aliphatic carboxylic acids is 1. The van der Waals surface area contributed by atoms with E-state index in [0.29, 0.717) is 0 Å². The Morgan fingerprint density at radius 1 is 1.40 bits per heavy atom. The first kappa shape index (κ1) is 12.3. The highest BCUT2D eigenvalue weighted by molar-refractivity contribution is 6.83. The van der Waals surface area contributed by atoms with E-state index in [1.807, 2.05) is 11.9 Å². The molecule has 4 heteroatoms. The molecule has 0 amide bonds. The summed E-state index contributed by atoms with van der Waals surface area (Å²) in [4.78, 5) is 12.8. The van der Waals surface area contributed by atoms with Crippen molar-refractivity contribution in [2.75, 3.05) is 7.05 Å². The van der Waals surface area contributed by atoms with Gasteiger partial charge in [-0.3, -0.25) is 9.69 Å². The van der Waals surface area contributed by atoms with Gasteiger partial charge in [0, 0.05) is 0 Å². The van der Waals surface area contributed by atoms with Crippen LogP contribution < -0.4 is 0 Å². The SMILES string of the molecule is CN1[C@@H](C#C[Si](C)(C)C)CC[C@H]1C(=O)O. The minimum Gasteiger partial charge on any atom is -0.480 e. The third kappa shape index (κ3) is 3.36. The second-order valence-corrected chi connectivity index (χ2v) is 9.88. The van der Waals surface area contributed by atoms with Crippen molar-refractivity contribution < 1.29 is 9.90 Å². The molecule has 0 aromatic carbocycles. The number of carboxylic acid groups (broad SMARTS) is 1. The number of carboxylic acids is 1. The lowest BCUT2D eigenvalue weighted by atomic mass is 10.2. The van der Waals surface area contributed by atoms with Crippen LogP contribution in [0.25, 0.3) is 0 Å². The Morgan fingerprint density at radius 3 is 2.40 bits per heavy atom. The standard InChI is InChI=1S/C11H19NO2Si/c1-12-9(7-8-15(2,3)4)5-6-10(12)11(13)14/h9-10H,5-6H2,1-4H3,(H,13,14)/t9-,10+/m1/s1. The van der Waals surface area contributed by atoms with Crippen molar-refractivity contribution in [1.82, 2.24) is 4.90 Å². The lowest BCUT2D eigenvalue weighted by Gasteiger charge is -2.19. The Balaban J connectivity index is 2.67. The predicted octanol–water partition coefficient (Wildman–Crippen LogP) is 1.41. The van der Waals surface area contributed by atoms with Crippen molar-refractivity contribution in [2.45, 2.75) is 44.6 Å². The van der Waals surface area contributed by atoms with E-state index in [0.717, 1.165) is 12.8 Å². The number of nitrogens with zero attached hydrogens (tertiary/aromatic N) is 1. The first-order chi connectivity index (χ1) is 6.81. The molecule has 15 heavy (non-hydrogen) atoms. The first-order valence-corrected chi connectivity index (χ1v) is 8.79. The average Bonchev–Trinajstić information content (AvgIpc) is 2.42. The Labute approximate surface area is 92.5 Å². The van der Waals surface area contributed by atoms with Gasteiger partial charge in [0.1, 0.15) is 14.1 Å². The number of rotatable bonds is 1. The minimum absolute atomic E-state index is 0.137.